The fraction of sp³-hybridized carbons (Fsp3) is 0.571. The van der Waals surface area contributed by atoms with Gasteiger partial charge in [-0.25, -0.2) is 4.98 Å². The Kier molecular flexibility index (Phi) is 6.40. The molecule has 2 heterocycles. The minimum absolute atomic E-state index is 0.116. The smallest absolute Gasteiger partial charge is 0.202 e. The van der Waals surface area contributed by atoms with E-state index < -0.39 is 10.8 Å². The van der Waals surface area contributed by atoms with Crippen LogP contribution in [0.25, 0.3) is 11.0 Å². The zero-order valence-electron chi connectivity index (χ0n) is 22.4. The van der Waals surface area contributed by atoms with Gasteiger partial charge in [-0.05, 0) is 62.0 Å². The lowest BCUT2D eigenvalue weighted by molar-refractivity contribution is -0.114. The third-order valence-corrected chi connectivity index (χ3v) is 9.90. The molecule has 0 saturated heterocycles. The molecule has 8 heteroatoms. The van der Waals surface area contributed by atoms with Crippen LogP contribution >= 0.6 is 0 Å². The summed E-state index contributed by atoms with van der Waals surface area (Å²) in [6.07, 6.45) is 5.61. The standard InChI is InChI=1S/C28H37N3O4S/c1-17-14-29-22(18(2)24(17)34-7)15-36(32)26-30-21-12-20(33-6)8-9-23(21)31(26)16-35-25-27(3,4)19-10-11-28(25,5)13-19/h8-9,12,14,19,25H,10-11,13,15-16H2,1-7H3. The van der Waals surface area contributed by atoms with Gasteiger partial charge in [-0.2, -0.15) is 0 Å². The van der Waals surface area contributed by atoms with Gasteiger partial charge in [-0.3, -0.25) is 13.8 Å². The molecule has 0 aliphatic heterocycles. The normalized spacial score (nSPS) is 25.4. The minimum atomic E-state index is -1.44. The summed E-state index contributed by atoms with van der Waals surface area (Å²) in [6.45, 7) is 11.3. The van der Waals surface area contributed by atoms with Crippen molar-refractivity contribution in [2.75, 3.05) is 14.2 Å². The van der Waals surface area contributed by atoms with E-state index in [1.165, 1.54) is 19.3 Å². The number of benzene rings is 1. The summed E-state index contributed by atoms with van der Waals surface area (Å²) in [5, 5.41) is 0.491. The summed E-state index contributed by atoms with van der Waals surface area (Å²) in [7, 11) is 1.85. The van der Waals surface area contributed by atoms with Crippen molar-refractivity contribution in [1.82, 2.24) is 14.5 Å². The quantitative estimate of drug-likeness (QED) is 0.394. The van der Waals surface area contributed by atoms with Crippen LogP contribution in [0.15, 0.2) is 29.6 Å². The zero-order valence-corrected chi connectivity index (χ0v) is 23.2. The summed E-state index contributed by atoms with van der Waals surface area (Å²) in [5.74, 6) is 2.44. The first-order chi connectivity index (χ1) is 17.1. The van der Waals surface area contributed by atoms with Crippen molar-refractivity contribution in [2.24, 2.45) is 16.7 Å². The number of pyridine rings is 1. The summed E-state index contributed by atoms with van der Waals surface area (Å²) >= 11 is 0. The molecule has 5 rings (SSSR count). The highest BCUT2D eigenvalue weighted by atomic mass is 32.2. The molecule has 2 aromatic heterocycles. The zero-order chi connectivity index (χ0) is 25.8. The van der Waals surface area contributed by atoms with E-state index in [0.717, 1.165) is 33.6 Å². The number of imidazole rings is 1. The largest absolute Gasteiger partial charge is 0.497 e. The SMILES string of the molecule is COc1ccc2c(c1)nc(S(=O)Cc1ncc(C)c(OC)c1C)n2COC1C2(C)CCC(C2)C1(C)C. The molecule has 4 atom stereocenters. The molecular formula is C28H37N3O4S. The Bertz CT molecular complexity index is 1330. The Hall–Kier alpha value is -2.45. The van der Waals surface area contributed by atoms with Crippen LogP contribution in [0.2, 0.25) is 0 Å². The second kappa shape index (κ2) is 9.14. The van der Waals surface area contributed by atoms with Crippen LogP contribution < -0.4 is 9.47 Å². The molecule has 2 bridgehead atoms. The number of aryl methyl sites for hydroxylation is 1. The van der Waals surface area contributed by atoms with Gasteiger partial charge in [0.25, 0.3) is 0 Å². The van der Waals surface area contributed by atoms with Gasteiger partial charge in [-0.15, -0.1) is 0 Å². The fourth-order valence-corrected chi connectivity index (χ4v) is 8.01. The van der Waals surface area contributed by atoms with Crippen LogP contribution in [-0.2, 0) is 28.0 Å². The number of rotatable bonds is 8. The van der Waals surface area contributed by atoms with E-state index in [0.29, 0.717) is 23.6 Å². The maximum absolute atomic E-state index is 13.8. The number of nitrogens with zero attached hydrogens (tertiary/aromatic N) is 3. The van der Waals surface area contributed by atoms with E-state index in [9.17, 15) is 4.21 Å². The van der Waals surface area contributed by atoms with Crippen LogP contribution in [0.4, 0.5) is 0 Å². The summed E-state index contributed by atoms with van der Waals surface area (Å²) < 4.78 is 33.4. The Balaban J connectivity index is 1.49. The fourth-order valence-electron chi connectivity index (χ4n) is 6.74. The lowest BCUT2D eigenvalue weighted by atomic mass is 9.70. The van der Waals surface area contributed by atoms with Crippen LogP contribution in [-0.4, -0.2) is 39.1 Å². The van der Waals surface area contributed by atoms with Gasteiger partial charge in [0.1, 0.15) is 18.2 Å². The predicted octanol–water partition coefficient (Wildman–Crippen LogP) is 5.56. The average molecular weight is 512 g/mol. The molecule has 194 valence electrons. The van der Waals surface area contributed by atoms with E-state index >= 15 is 0 Å². The molecule has 0 radical (unpaired) electrons. The van der Waals surface area contributed by atoms with Gasteiger partial charge < -0.3 is 14.2 Å². The highest BCUT2D eigenvalue weighted by Crippen LogP contribution is 2.63. The van der Waals surface area contributed by atoms with Gasteiger partial charge in [-0.1, -0.05) is 20.8 Å². The van der Waals surface area contributed by atoms with E-state index in [1.807, 2.05) is 36.6 Å². The maximum Gasteiger partial charge on any atom is 0.202 e. The van der Waals surface area contributed by atoms with Gasteiger partial charge >= 0.3 is 0 Å². The number of hydrogen-bond donors (Lipinski definition) is 0. The molecule has 7 nitrogen and oxygen atoms in total. The average Bonchev–Trinajstić information content (AvgIpc) is 3.47. The van der Waals surface area contributed by atoms with Gasteiger partial charge in [0.15, 0.2) is 0 Å². The van der Waals surface area contributed by atoms with Crippen molar-refractivity contribution in [3.8, 4) is 11.5 Å². The first-order valence-corrected chi connectivity index (χ1v) is 13.9. The Labute approximate surface area is 216 Å². The van der Waals surface area contributed by atoms with Crippen LogP contribution in [0.5, 0.6) is 11.5 Å². The van der Waals surface area contributed by atoms with E-state index in [2.05, 4.69) is 25.8 Å². The van der Waals surface area contributed by atoms with Crippen molar-refractivity contribution in [3.63, 3.8) is 0 Å². The molecule has 2 aliphatic carbocycles. The highest BCUT2D eigenvalue weighted by Gasteiger charge is 2.60. The Morgan fingerprint density at radius 2 is 1.94 bits per heavy atom. The molecule has 36 heavy (non-hydrogen) atoms. The van der Waals surface area contributed by atoms with Gasteiger partial charge in [0.05, 0.1) is 53.6 Å². The monoisotopic (exact) mass is 511 g/mol. The van der Waals surface area contributed by atoms with Crippen molar-refractivity contribution in [3.05, 3.63) is 41.2 Å². The molecule has 0 N–H and O–H groups in total. The van der Waals surface area contributed by atoms with Crippen molar-refractivity contribution >= 4 is 21.8 Å². The first kappa shape index (κ1) is 25.2. The first-order valence-electron chi connectivity index (χ1n) is 12.6. The second-order valence-corrected chi connectivity index (χ2v) is 12.6. The topological polar surface area (TPSA) is 75.5 Å². The van der Waals surface area contributed by atoms with Gasteiger partial charge in [0, 0.05) is 23.4 Å². The third kappa shape index (κ3) is 4.02. The van der Waals surface area contributed by atoms with E-state index in [-0.39, 0.29) is 22.7 Å². The number of hydrogen-bond acceptors (Lipinski definition) is 6. The lowest BCUT2D eigenvalue weighted by Crippen LogP contribution is -2.42. The molecule has 2 aliphatic rings. The molecular weight excluding hydrogens is 474 g/mol. The summed E-state index contributed by atoms with van der Waals surface area (Å²) in [6, 6.07) is 5.76. The van der Waals surface area contributed by atoms with E-state index in [4.69, 9.17) is 19.2 Å². The molecule has 0 amide bonds. The number of aromatic nitrogens is 3. The molecule has 4 unspecified atom stereocenters. The number of ether oxygens (including phenoxy) is 3. The summed E-state index contributed by atoms with van der Waals surface area (Å²) in [4.78, 5) is 9.36. The molecule has 0 spiro atoms. The molecule has 2 fully saturated rings. The van der Waals surface area contributed by atoms with Crippen molar-refractivity contribution < 1.29 is 18.4 Å². The Morgan fingerprint density at radius 3 is 2.61 bits per heavy atom. The Morgan fingerprint density at radius 1 is 1.17 bits per heavy atom. The van der Waals surface area contributed by atoms with Crippen molar-refractivity contribution in [2.45, 2.75) is 77.6 Å². The molecule has 1 aromatic carbocycles. The van der Waals surface area contributed by atoms with Crippen LogP contribution in [0.1, 0.15) is 56.9 Å². The predicted molar refractivity (Wildman–Crippen MR) is 141 cm³/mol. The van der Waals surface area contributed by atoms with Gasteiger partial charge in [0.2, 0.25) is 5.16 Å². The molecule has 2 saturated carbocycles. The van der Waals surface area contributed by atoms with Crippen LogP contribution in [0, 0.1) is 30.6 Å². The lowest BCUT2D eigenvalue weighted by Gasteiger charge is -2.42. The van der Waals surface area contributed by atoms with Crippen LogP contribution in [0.3, 0.4) is 0 Å². The van der Waals surface area contributed by atoms with Crippen molar-refractivity contribution in [1.29, 1.82) is 0 Å². The second-order valence-electron chi connectivity index (χ2n) is 11.3. The minimum Gasteiger partial charge on any atom is -0.497 e. The van der Waals surface area contributed by atoms with E-state index in [1.54, 1.807) is 20.4 Å². The highest BCUT2D eigenvalue weighted by molar-refractivity contribution is 7.84. The molecule has 3 aromatic rings. The number of methoxy groups -OCH3 is 2. The summed E-state index contributed by atoms with van der Waals surface area (Å²) in [5.41, 5.74) is 4.54. The maximum atomic E-state index is 13.8. The third-order valence-electron chi connectivity index (χ3n) is 8.65. The number of fused-ring (bicyclic) bond motifs is 3.